The van der Waals surface area contributed by atoms with Crippen LogP contribution in [0.1, 0.15) is 26.2 Å². The summed E-state index contributed by atoms with van der Waals surface area (Å²) >= 11 is 0. The Bertz CT molecular complexity index is 532. The van der Waals surface area contributed by atoms with Gasteiger partial charge in [0.2, 0.25) is 0 Å². The second-order valence-corrected chi connectivity index (χ2v) is 6.18. The van der Waals surface area contributed by atoms with E-state index in [1.165, 1.54) is 12.8 Å². The van der Waals surface area contributed by atoms with Crippen LogP contribution in [0.2, 0.25) is 0 Å². The molecule has 0 bridgehead atoms. The topological polar surface area (TPSA) is 69.3 Å². The first-order valence-electron chi connectivity index (χ1n) is 8.53. The van der Waals surface area contributed by atoms with Crippen LogP contribution in [0.15, 0.2) is 23.2 Å². The summed E-state index contributed by atoms with van der Waals surface area (Å²) in [5.41, 5.74) is 6.08. The summed E-state index contributed by atoms with van der Waals surface area (Å²) in [5.74, 6) is 3.51. The first kappa shape index (κ1) is 21.7. The molecule has 0 amide bonds. The van der Waals surface area contributed by atoms with Crippen molar-refractivity contribution in [2.24, 2.45) is 16.6 Å². The van der Waals surface area contributed by atoms with Gasteiger partial charge in [-0.15, -0.1) is 24.0 Å². The second-order valence-electron chi connectivity index (χ2n) is 6.18. The average molecular weight is 463 g/mol. The van der Waals surface area contributed by atoms with Crippen molar-refractivity contribution in [3.05, 3.63) is 18.2 Å². The van der Waals surface area contributed by atoms with E-state index in [1.807, 2.05) is 18.2 Å². The Morgan fingerprint density at radius 1 is 1.20 bits per heavy atom. The summed E-state index contributed by atoms with van der Waals surface area (Å²) in [6, 6.07) is 5.50. The third kappa shape index (κ3) is 7.17. The van der Waals surface area contributed by atoms with Gasteiger partial charge in [-0.05, 0) is 18.8 Å². The molecule has 0 aliphatic carbocycles. The number of ether oxygens (including phenoxy) is 3. The van der Waals surface area contributed by atoms with Crippen LogP contribution in [0.3, 0.4) is 0 Å². The summed E-state index contributed by atoms with van der Waals surface area (Å²) in [6.45, 7) is 5.52. The van der Waals surface area contributed by atoms with Gasteiger partial charge in [0, 0.05) is 44.3 Å². The van der Waals surface area contributed by atoms with Crippen LogP contribution in [-0.4, -0.2) is 51.3 Å². The van der Waals surface area contributed by atoms with E-state index in [0.29, 0.717) is 36.5 Å². The lowest BCUT2D eigenvalue weighted by molar-refractivity contribution is 0.269. The molecule has 2 rings (SSSR count). The van der Waals surface area contributed by atoms with Gasteiger partial charge in [0.1, 0.15) is 17.2 Å². The fraction of sp³-hybridized carbons (Fsp3) is 0.611. The molecular weight excluding hydrogens is 433 g/mol. The predicted molar refractivity (Wildman–Crippen MR) is 112 cm³/mol. The molecule has 0 saturated carbocycles. The summed E-state index contributed by atoms with van der Waals surface area (Å²) in [4.78, 5) is 6.65. The van der Waals surface area contributed by atoms with Crippen LogP contribution in [0, 0.1) is 5.92 Å². The first-order chi connectivity index (χ1) is 11.6. The summed E-state index contributed by atoms with van der Waals surface area (Å²) in [7, 11) is 3.25. The zero-order valence-corrected chi connectivity index (χ0v) is 17.7. The van der Waals surface area contributed by atoms with Gasteiger partial charge in [0.15, 0.2) is 5.96 Å². The fourth-order valence-corrected chi connectivity index (χ4v) is 2.81. The summed E-state index contributed by atoms with van der Waals surface area (Å²) in [6.07, 6.45) is 3.28. The molecule has 1 aliphatic rings. The summed E-state index contributed by atoms with van der Waals surface area (Å²) < 4.78 is 16.2. The average Bonchev–Trinajstić information content (AvgIpc) is 2.60. The lowest BCUT2D eigenvalue weighted by atomic mass is 10.0. The summed E-state index contributed by atoms with van der Waals surface area (Å²) in [5, 5.41) is 0. The minimum absolute atomic E-state index is 0. The molecule has 1 saturated heterocycles. The second kappa shape index (κ2) is 11.3. The predicted octanol–water partition coefficient (Wildman–Crippen LogP) is 3.14. The lowest BCUT2D eigenvalue weighted by Crippen LogP contribution is -2.43. The van der Waals surface area contributed by atoms with Crippen LogP contribution in [0.25, 0.3) is 0 Å². The molecule has 1 fully saturated rings. The molecule has 1 atom stereocenters. The number of piperidine rings is 1. The van der Waals surface area contributed by atoms with E-state index in [1.54, 1.807) is 14.2 Å². The maximum atomic E-state index is 6.08. The Balaban J connectivity index is 0.00000312. The highest BCUT2D eigenvalue weighted by molar-refractivity contribution is 14.0. The van der Waals surface area contributed by atoms with Gasteiger partial charge in [-0.3, -0.25) is 4.99 Å². The van der Waals surface area contributed by atoms with Crippen molar-refractivity contribution in [2.45, 2.75) is 26.2 Å². The van der Waals surface area contributed by atoms with Gasteiger partial charge in [0.05, 0.1) is 20.8 Å². The van der Waals surface area contributed by atoms with Crippen molar-refractivity contribution in [3.8, 4) is 17.2 Å². The molecule has 1 aromatic carbocycles. The molecule has 1 aliphatic heterocycles. The number of guanidine groups is 1. The van der Waals surface area contributed by atoms with E-state index in [-0.39, 0.29) is 24.0 Å². The molecule has 2 N–H and O–H groups in total. The van der Waals surface area contributed by atoms with Crippen molar-refractivity contribution in [1.29, 1.82) is 0 Å². The molecule has 1 aromatic rings. The Morgan fingerprint density at radius 3 is 2.44 bits per heavy atom. The van der Waals surface area contributed by atoms with Gasteiger partial charge in [0.25, 0.3) is 0 Å². The smallest absolute Gasteiger partial charge is 0.191 e. The number of nitrogens with two attached hydrogens (primary N) is 1. The number of nitrogens with zero attached hydrogens (tertiary/aromatic N) is 2. The molecule has 0 radical (unpaired) electrons. The molecule has 0 spiro atoms. The highest BCUT2D eigenvalue weighted by Gasteiger charge is 2.17. The van der Waals surface area contributed by atoms with Crippen LogP contribution in [0.5, 0.6) is 17.2 Å². The monoisotopic (exact) mass is 463 g/mol. The Labute approximate surface area is 167 Å². The van der Waals surface area contributed by atoms with Crippen LogP contribution in [-0.2, 0) is 0 Å². The first-order valence-corrected chi connectivity index (χ1v) is 8.53. The minimum Gasteiger partial charge on any atom is -0.496 e. The van der Waals surface area contributed by atoms with E-state index >= 15 is 0 Å². The van der Waals surface area contributed by atoms with Crippen molar-refractivity contribution in [1.82, 2.24) is 4.90 Å². The molecule has 25 heavy (non-hydrogen) atoms. The van der Waals surface area contributed by atoms with Crippen LogP contribution >= 0.6 is 24.0 Å². The number of hydrogen-bond donors (Lipinski definition) is 1. The Kier molecular flexibility index (Phi) is 9.77. The number of halogens is 1. The zero-order valence-electron chi connectivity index (χ0n) is 15.4. The zero-order chi connectivity index (χ0) is 17.4. The van der Waals surface area contributed by atoms with E-state index in [0.717, 1.165) is 25.3 Å². The molecule has 142 valence electrons. The lowest BCUT2D eigenvalue weighted by Gasteiger charge is -2.31. The van der Waals surface area contributed by atoms with Crippen LogP contribution < -0.4 is 19.9 Å². The van der Waals surface area contributed by atoms with Crippen LogP contribution in [0.4, 0.5) is 0 Å². The molecule has 1 heterocycles. The third-order valence-electron chi connectivity index (χ3n) is 4.15. The minimum atomic E-state index is 0. The quantitative estimate of drug-likeness (QED) is 0.291. The van der Waals surface area contributed by atoms with Gasteiger partial charge in [-0.1, -0.05) is 6.92 Å². The van der Waals surface area contributed by atoms with E-state index < -0.39 is 0 Å². The standard InChI is InChI=1S/C18H29N3O3.HI/c1-14-6-4-8-21(13-14)18(19)20-7-5-9-24-17-11-15(22-2)10-16(12-17)23-3;/h10-12,14H,4-9,13H2,1-3H3,(H2,19,20);1H. The molecule has 0 aromatic heterocycles. The van der Waals surface area contributed by atoms with E-state index in [2.05, 4.69) is 16.8 Å². The SMILES string of the molecule is COc1cc(OC)cc(OCCCN=C(N)N2CCCC(C)C2)c1.I. The number of benzene rings is 1. The largest absolute Gasteiger partial charge is 0.496 e. The van der Waals surface area contributed by atoms with Gasteiger partial charge >= 0.3 is 0 Å². The number of aliphatic imine (C=N–C) groups is 1. The normalized spacial score (nSPS) is 17.6. The third-order valence-corrected chi connectivity index (χ3v) is 4.15. The van der Waals surface area contributed by atoms with Crippen molar-refractivity contribution >= 4 is 29.9 Å². The van der Waals surface area contributed by atoms with Crippen molar-refractivity contribution in [3.63, 3.8) is 0 Å². The molecule has 1 unspecified atom stereocenters. The number of likely N-dealkylation sites (tertiary alicyclic amines) is 1. The maximum Gasteiger partial charge on any atom is 0.191 e. The van der Waals surface area contributed by atoms with E-state index in [9.17, 15) is 0 Å². The fourth-order valence-electron chi connectivity index (χ4n) is 2.81. The number of methoxy groups -OCH3 is 2. The van der Waals surface area contributed by atoms with E-state index in [4.69, 9.17) is 19.9 Å². The van der Waals surface area contributed by atoms with Gasteiger partial charge in [-0.2, -0.15) is 0 Å². The molecular formula is C18H30IN3O3. The van der Waals surface area contributed by atoms with Crippen molar-refractivity contribution in [2.75, 3.05) is 40.5 Å². The number of rotatable bonds is 7. The maximum absolute atomic E-state index is 6.08. The van der Waals surface area contributed by atoms with Gasteiger partial charge in [-0.25, -0.2) is 0 Å². The number of hydrogen-bond acceptors (Lipinski definition) is 4. The highest BCUT2D eigenvalue weighted by Crippen LogP contribution is 2.27. The molecule has 7 heteroatoms. The van der Waals surface area contributed by atoms with Crippen molar-refractivity contribution < 1.29 is 14.2 Å². The molecule has 6 nitrogen and oxygen atoms in total. The van der Waals surface area contributed by atoms with Gasteiger partial charge < -0.3 is 24.8 Å². The Morgan fingerprint density at radius 2 is 1.84 bits per heavy atom. The highest BCUT2D eigenvalue weighted by atomic mass is 127. The Hall–Kier alpha value is -1.38.